The molecule has 0 amide bonds. The van der Waals surface area contributed by atoms with Gasteiger partial charge in [-0.05, 0) is 49.3 Å². The molecule has 0 radical (unpaired) electrons. The van der Waals surface area contributed by atoms with Crippen LogP contribution in [0, 0.1) is 17.2 Å². The first-order chi connectivity index (χ1) is 17.5. The van der Waals surface area contributed by atoms with Gasteiger partial charge in [0.05, 0.1) is 28.9 Å². The maximum atomic E-state index is 13.2. The molecule has 3 aromatic rings. The summed E-state index contributed by atoms with van der Waals surface area (Å²) in [6.45, 7) is 5.69. The number of nitrogens with two attached hydrogens (primary N) is 1. The van der Waals surface area contributed by atoms with Crippen LogP contribution in [0.25, 0.3) is 16.6 Å². The Kier molecular flexibility index (Phi) is 5.86. The first-order valence-corrected chi connectivity index (χ1v) is 13.5. The van der Waals surface area contributed by atoms with Crippen molar-refractivity contribution in [3.8, 4) is 6.07 Å². The zero-order chi connectivity index (χ0) is 24.9. The molecule has 2 aromatic heterocycles. The van der Waals surface area contributed by atoms with Gasteiger partial charge in [-0.2, -0.15) is 15.3 Å². The smallest absolute Gasteiger partial charge is 0.264 e. The van der Waals surface area contributed by atoms with E-state index in [1.807, 2.05) is 17.8 Å². The summed E-state index contributed by atoms with van der Waals surface area (Å²) in [4.78, 5) is 22.9. The molecule has 4 heterocycles. The number of hydrogen-bond donors (Lipinski definition) is 4. The number of anilines is 1. The van der Waals surface area contributed by atoms with Gasteiger partial charge in [0.15, 0.2) is 5.65 Å². The van der Waals surface area contributed by atoms with Crippen LogP contribution in [0.1, 0.15) is 55.3 Å². The molecule has 186 valence electrons. The summed E-state index contributed by atoms with van der Waals surface area (Å²) in [6.07, 6.45) is 7.12. The molecule has 3 aliphatic rings. The van der Waals surface area contributed by atoms with Crippen LogP contribution in [0.3, 0.4) is 0 Å². The van der Waals surface area contributed by atoms with Gasteiger partial charge in [-0.1, -0.05) is 31.6 Å². The number of fused-ring (bicyclic) bond motifs is 1. The van der Waals surface area contributed by atoms with Crippen LogP contribution >= 0.6 is 11.8 Å². The quantitative estimate of drug-likeness (QED) is 0.427. The molecule has 9 nitrogen and oxygen atoms in total. The van der Waals surface area contributed by atoms with Crippen LogP contribution in [-0.2, 0) is 0 Å². The second-order valence-electron chi connectivity index (χ2n) is 10.1. The fraction of sp³-hybridized carbons (Fsp3) is 0.462. The summed E-state index contributed by atoms with van der Waals surface area (Å²) in [5.41, 5.74) is 9.09. The Morgan fingerprint density at radius 1 is 1.28 bits per heavy atom. The standard InChI is InChI=1S/C26H30N8OS/c1-15(18-8-4-5-16(13-18)14-27)20-19-21(33-32-20)29-25(30-22(19)35)34-11-9-26(10-12-34)24(28)31-23(36-26)17-6-2-3-7-17/h4-5,8,13,17,23-24,31H,1-3,6-7,9-12,28H2,(H2,29,30,32,33,35)/t23-,24-/m0/s1. The fourth-order valence-corrected chi connectivity index (χ4v) is 7.73. The normalized spacial score (nSPS) is 23.9. The van der Waals surface area contributed by atoms with Crippen LogP contribution < -0.4 is 21.5 Å². The van der Waals surface area contributed by atoms with E-state index in [9.17, 15) is 10.1 Å². The highest BCUT2D eigenvalue weighted by Crippen LogP contribution is 2.49. The van der Waals surface area contributed by atoms with Gasteiger partial charge in [0.2, 0.25) is 5.95 Å². The lowest BCUT2D eigenvalue weighted by Gasteiger charge is -2.41. The number of hydrogen-bond acceptors (Lipinski definition) is 8. The van der Waals surface area contributed by atoms with Crippen LogP contribution in [0.5, 0.6) is 0 Å². The third-order valence-corrected chi connectivity index (χ3v) is 9.97. The number of thioether (sulfide) groups is 1. The maximum absolute atomic E-state index is 13.2. The molecule has 36 heavy (non-hydrogen) atoms. The molecular formula is C26H30N8OS. The molecule has 0 unspecified atom stereocenters. The van der Waals surface area contributed by atoms with E-state index in [2.05, 4.69) is 43.0 Å². The largest absolute Gasteiger partial charge is 0.342 e. The third kappa shape index (κ3) is 3.92. The lowest BCUT2D eigenvalue weighted by Crippen LogP contribution is -2.54. The van der Waals surface area contributed by atoms with Crippen molar-refractivity contribution in [2.75, 3.05) is 18.0 Å². The number of H-pyrrole nitrogens is 2. The molecule has 1 spiro atoms. The number of nitrogens with zero attached hydrogens (tertiary/aromatic N) is 4. The summed E-state index contributed by atoms with van der Waals surface area (Å²) in [5, 5.41) is 21.0. The average molecular weight is 503 g/mol. The molecule has 2 aliphatic heterocycles. The van der Waals surface area contributed by atoms with E-state index in [1.54, 1.807) is 18.2 Å². The van der Waals surface area contributed by atoms with Gasteiger partial charge in [0, 0.05) is 23.4 Å². The summed E-state index contributed by atoms with van der Waals surface area (Å²) in [6, 6.07) is 9.25. The molecule has 1 saturated carbocycles. The van der Waals surface area contributed by atoms with Crippen molar-refractivity contribution in [1.29, 1.82) is 5.26 Å². The minimum atomic E-state index is -0.258. The molecule has 2 atom stereocenters. The van der Waals surface area contributed by atoms with Crippen molar-refractivity contribution in [2.45, 2.75) is 54.8 Å². The number of aromatic amines is 2. The SMILES string of the molecule is C=C(c1cccc(C#N)c1)c1[nH]nc2nc(N3CCC4(CC3)S[C@@H](C3CCCC3)N[C@@H]4N)[nH]c(=O)c12. The Bertz CT molecular complexity index is 1410. The zero-order valence-corrected chi connectivity index (χ0v) is 20.9. The van der Waals surface area contributed by atoms with Crippen molar-refractivity contribution in [3.63, 3.8) is 0 Å². The third-order valence-electron chi connectivity index (χ3n) is 8.06. The fourth-order valence-electron chi connectivity index (χ4n) is 5.92. The Balaban J connectivity index is 1.21. The van der Waals surface area contributed by atoms with Crippen LogP contribution in [0.2, 0.25) is 0 Å². The monoisotopic (exact) mass is 502 g/mol. The topological polar surface area (TPSA) is 140 Å². The van der Waals surface area contributed by atoms with E-state index in [0.717, 1.165) is 37.4 Å². The highest BCUT2D eigenvalue weighted by atomic mass is 32.2. The number of rotatable bonds is 4. The van der Waals surface area contributed by atoms with Gasteiger partial charge in [0.25, 0.3) is 5.56 Å². The predicted octanol–water partition coefficient (Wildman–Crippen LogP) is 3.06. The molecule has 1 aliphatic carbocycles. The van der Waals surface area contributed by atoms with Crippen molar-refractivity contribution < 1.29 is 0 Å². The number of nitrogens with one attached hydrogen (secondary N) is 3. The number of nitriles is 1. The van der Waals surface area contributed by atoms with Crippen molar-refractivity contribution in [2.24, 2.45) is 11.7 Å². The summed E-state index contributed by atoms with van der Waals surface area (Å²) < 4.78 is 0.0311. The average Bonchev–Trinajstić information content (AvgIpc) is 3.64. The van der Waals surface area contributed by atoms with E-state index < -0.39 is 0 Å². The Morgan fingerprint density at radius 2 is 2.06 bits per heavy atom. The van der Waals surface area contributed by atoms with E-state index >= 15 is 0 Å². The predicted molar refractivity (Wildman–Crippen MR) is 142 cm³/mol. The van der Waals surface area contributed by atoms with E-state index in [1.165, 1.54) is 25.7 Å². The Labute approximate surface area is 213 Å². The van der Waals surface area contributed by atoms with E-state index in [0.29, 0.717) is 39.2 Å². The van der Waals surface area contributed by atoms with Crippen LogP contribution in [-0.4, -0.2) is 49.5 Å². The molecule has 10 heteroatoms. The first kappa shape index (κ1) is 23.3. The van der Waals surface area contributed by atoms with E-state index in [4.69, 9.17) is 5.73 Å². The molecule has 3 fully saturated rings. The molecule has 5 N–H and O–H groups in total. The Hall–Kier alpha value is -3.13. The highest BCUT2D eigenvalue weighted by Gasteiger charge is 2.50. The van der Waals surface area contributed by atoms with Crippen LogP contribution in [0.15, 0.2) is 35.6 Å². The van der Waals surface area contributed by atoms with Gasteiger partial charge < -0.3 is 10.6 Å². The minimum Gasteiger partial charge on any atom is -0.342 e. The second-order valence-corrected chi connectivity index (χ2v) is 11.7. The summed E-state index contributed by atoms with van der Waals surface area (Å²) in [7, 11) is 0. The van der Waals surface area contributed by atoms with Gasteiger partial charge in [-0.15, -0.1) is 11.8 Å². The number of benzene rings is 1. The van der Waals surface area contributed by atoms with E-state index in [-0.39, 0.29) is 16.5 Å². The van der Waals surface area contributed by atoms with Gasteiger partial charge >= 0.3 is 0 Å². The first-order valence-electron chi connectivity index (χ1n) is 12.6. The van der Waals surface area contributed by atoms with Gasteiger partial charge in [-0.3, -0.25) is 20.2 Å². The summed E-state index contributed by atoms with van der Waals surface area (Å²) in [5.74, 6) is 1.26. The number of aromatic nitrogens is 4. The summed E-state index contributed by atoms with van der Waals surface area (Å²) >= 11 is 2.05. The van der Waals surface area contributed by atoms with Crippen molar-refractivity contribution in [3.05, 3.63) is 58.0 Å². The molecule has 1 aromatic carbocycles. The molecule has 6 rings (SSSR count). The highest BCUT2D eigenvalue weighted by molar-refractivity contribution is 8.01. The molecule has 2 saturated heterocycles. The second kappa shape index (κ2) is 9.07. The lowest BCUT2D eigenvalue weighted by atomic mass is 9.92. The van der Waals surface area contributed by atoms with Gasteiger partial charge in [-0.25, -0.2) is 0 Å². The maximum Gasteiger partial charge on any atom is 0.264 e. The molecular weight excluding hydrogens is 472 g/mol. The number of piperidine rings is 1. The van der Waals surface area contributed by atoms with Crippen LogP contribution in [0.4, 0.5) is 5.95 Å². The minimum absolute atomic E-state index is 0.0100. The zero-order valence-electron chi connectivity index (χ0n) is 20.1. The lowest BCUT2D eigenvalue weighted by molar-refractivity contribution is 0.341. The van der Waals surface area contributed by atoms with Gasteiger partial charge in [0.1, 0.15) is 5.39 Å². The van der Waals surface area contributed by atoms with Crippen molar-refractivity contribution >= 4 is 34.3 Å². The van der Waals surface area contributed by atoms with Crippen molar-refractivity contribution in [1.82, 2.24) is 25.5 Å². The molecule has 0 bridgehead atoms. The Morgan fingerprint density at radius 3 is 2.81 bits per heavy atom.